The summed E-state index contributed by atoms with van der Waals surface area (Å²) < 4.78 is 11.1. The number of carbonyl (C=O) groups excluding carboxylic acids is 1. The lowest BCUT2D eigenvalue weighted by Crippen LogP contribution is -2.52. The summed E-state index contributed by atoms with van der Waals surface area (Å²) in [6, 6.07) is 0.197. The van der Waals surface area contributed by atoms with Gasteiger partial charge in [-0.1, -0.05) is 6.92 Å². The number of morpholine rings is 1. The zero-order chi connectivity index (χ0) is 13.1. The Bertz CT molecular complexity index is 260. The molecule has 0 aromatic carbocycles. The molecule has 1 fully saturated rings. The van der Waals surface area contributed by atoms with E-state index < -0.39 is 0 Å². The minimum Gasteiger partial charge on any atom is -0.375 e. The summed E-state index contributed by atoms with van der Waals surface area (Å²) in [5.74, 6) is 0.0712. The van der Waals surface area contributed by atoms with E-state index in [1.807, 2.05) is 32.6 Å². The fourth-order valence-corrected chi connectivity index (χ4v) is 1.85. The van der Waals surface area contributed by atoms with Gasteiger partial charge in [-0.3, -0.25) is 4.79 Å². The minimum atomic E-state index is -0.269. The van der Waals surface area contributed by atoms with Crippen molar-refractivity contribution in [3.05, 3.63) is 0 Å². The Morgan fingerprint density at radius 3 is 2.65 bits per heavy atom. The molecular weight excluding hydrogens is 218 g/mol. The van der Waals surface area contributed by atoms with Crippen LogP contribution in [0.1, 0.15) is 41.0 Å². The van der Waals surface area contributed by atoms with Crippen LogP contribution in [0.2, 0.25) is 0 Å². The molecule has 1 amide bonds. The van der Waals surface area contributed by atoms with Gasteiger partial charge in [-0.15, -0.1) is 0 Å². The number of hydrogen-bond acceptors (Lipinski definition) is 3. The van der Waals surface area contributed by atoms with E-state index in [0.29, 0.717) is 13.2 Å². The molecule has 0 aromatic rings. The first-order valence-electron chi connectivity index (χ1n) is 6.38. The Morgan fingerprint density at radius 2 is 2.12 bits per heavy atom. The van der Waals surface area contributed by atoms with E-state index in [-0.39, 0.29) is 30.3 Å². The van der Waals surface area contributed by atoms with Crippen LogP contribution in [0.15, 0.2) is 0 Å². The predicted molar refractivity (Wildman–Crippen MR) is 66.9 cm³/mol. The number of amides is 1. The smallest absolute Gasteiger partial charge is 0.249 e. The fourth-order valence-electron chi connectivity index (χ4n) is 1.85. The summed E-state index contributed by atoms with van der Waals surface area (Å²) >= 11 is 0. The summed E-state index contributed by atoms with van der Waals surface area (Å²) in [7, 11) is 0. The highest BCUT2D eigenvalue weighted by Crippen LogP contribution is 2.15. The molecular formula is C13H25NO3. The zero-order valence-electron chi connectivity index (χ0n) is 11.7. The average molecular weight is 243 g/mol. The van der Waals surface area contributed by atoms with Crippen LogP contribution in [0, 0.1) is 0 Å². The molecule has 1 saturated heterocycles. The Morgan fingerprint density at radius 1 is 1.47 bits per heavy atom. The Labute approximate surface area is 104 Å². The monoisotopic (exact) mass is 243 g/mol. The molecule has 17 heavy (non-hydrogen) atoms. The van der Waals surface area contributed by atoms with Crippen LogP contribution < -0.4 is 0 Å². The van der Waals surface area contributed by atoms with Gasteiger partial charge in [0.15, 0.2) is 0 Å². The van der Waals surface area contributed by atoms with Crippen molar-refractivity contribution in [2.75, 3.05) is 19.8 Å². The number of rotatable bonds is 3. The Hall–Kier alpha value is -0.610. The second-order valence-corrected chi connectivity index (χ2v) is 5.65. The van der Waals surface area contributed by atoms with Crippen LogP contribution in [-0.4, -0.2) is 48.3 Å². The SMILES string of the molecule is CCC1COC(C)CN1C(=O)COC(C)(C)C. The predicted octanol–water partition coefficient (Wildman–Crippen LogP) is 1.83. The average Bonchev–Trinajstić information content (AvgIpc) is 2.25. The summed E-state index contributed by atoms with van der Waals surface area (Å²) in [5, 5.41) is 0. The summed E-state index contributed by atoms with van der Waals surface area (Å²) in [6.07, 6.45) is 1.05. The lowest BCUT2D eigenvalue weighted by Gasteiger charge is -2.38. The van der Waals surface area contributed by atoms with E-state index >= 15 is 0 Å². The molecule has 0 N–H and O–H groups in total. The van der Waals surface area contributed by atoms with E-state index in [0.717, 1.165) is 6.42 Å². The molecule has 0 spiro atoms. The normalized spacial score (nSPS) is 26.1. The first kappa shape index (κ1) is 14.5. The van der Waals surface area contributed by atoms with Crippen molar-refractivity contribution < 1.29 is 14.3 Å². The van der Waals surface area contributed by atoms with Crippen molar-refractivity contribution in [1.82, 2.24) is 4.90 Å². The van der Waals surface area contributed by atoms with Crippen molar-refractivity contribution in [2.24, 2.45) is 0 Å². The first-order chi connectivity index (χ1) is 7.83. The maximum Gasteiger partial charge on any atom is 0.249 e. The minimum absolute atomic E-state index is 0.0712. The van der Waals surface area contributed by atoms with Gasteiger partial charge in [0.05, 0.1) is 24.4 Å². The second-order valence-electron chi connectivity index (χ2n) is 5.65. The molecule has 0 aromatic heterocycles. The van der Waals surface area contributed by atoms with Crippen LogP contribution in [-0.2, 0) is 14.3 Å². The van der Waals surface area contributed by atoms with Gasteiger partial charge in [-0.25, -0.2) is 0 Å². The van der Waals surface area contributed by atoms with Gasteiger partial charge in [-0.2, -0.15) is 0 Å². The Kier molecular flexibility index (Phi) is 4.95. The molecule has 4 nitrogen and oxygen atoms in total. The molecule has 0 radical (unpaired) electrons. The van der Waals surface area contributed by atoms with Crippen LogP contribution in [0.25, 0.3) is 0 Å². The van der Waals surface area contributed by atoms with Crippen molar-refractivity contribution in [2.45, 2.75) is 58.8 Å². The zero-order valence-corrected chi connectivity index (χ0v) is 11.7. The molecule has 0 saturated carbocycles. The molecule has 0 aliphatic carbocycles. The van der Waals surface area contributed by atoms with Crippen LogP contribution >= 0.6 is 0 Å². The van der Waals surface area contributed by atoms with E-state index in [9.17, 15) is 4.79 Å². The van der Waals surface area contributed by atoms with Crippen LogP contribution in [0.5, 0.6) is 0 Å². The van der Waals surface area contributed by atoms with Crippen molar-refractivity contribution in [3.63, 3.8) is 0 Å². The second kappa shape index (κ2) is 5.83. The third-order valence-electron chi connectivity index (χ3n) is 2.89. The highest BCUT2D eigenvalue weighted by atomic mass is 16.5. The Balaban J connectivity index is 2.53. The molecule has 1 heterocycles. The van der Waals surface area contributed by atoms with E-state index in [1.165, 1.54) is 0 Å². The van der Waals surface area contributed by atoms with Gasteiger partial charge in [0, 0.05) is 6.54 Å². The van der Waals surface area contributed by atoms with Crippen LogP contribution in [0.4, 0.5) is 0 Å². The van der Waals surface area contributed by atoms with Gasteiger partial charge in [0.25, 0.3) is 0 Å². The maximum absolute atomic E-state index is 12.1. The fraction of sp³-hybridized carbons (Fsp3) is 0.923. The molecule has 2 atom stereocenters. The van der Waals surface area contributed by atoms with E-state index in [2.05, 4.69) is 6.92 Å². The first-order valence-corrected chi connectivity index (χ1v) is 6.38. The summed E-state index contributed by atoms with van der Waals surface area (Å²) in [5.41, 5.74) is -0.269. The van der Waals surface area contributed by atoms with Crippen molar-refractivity contribution in [1.29, 1.82) is 0 Å². The molecule has 1 rings (SSSR count). The van der Waals surface area contributed by atoms with E-state index in [4.69, 9.17) is 9.47 Å². The molecule has 2 unspecified atom stereocenters. The molecule has 1 aliphatic rings. The number of hydrogen-bond donors (Lipinski definition) is 0. The molecule has 1 aliphatic heterocycles. The molecule has 0 bridgehead atoms. The maximum atomic E-state index is 12.1. The van der Waals surface area contributed by atoms with Gasteiger partial charge in [0.2, 0.25) is 5.91 Å². The molecule has 100 valence electrons. The third kappa shape index (κ3) is 4.64. The summed E-state index contributed by atoms with van der Waals surface area (Å²) in [6.45, 7) is 11.4. The van der Waals surface area contributed by atoms with Gasteiger partial charge >= 0.3 is 0 Å². The largest absolute Gasteiger partial charge is 0.375 e. The standard InChI is InChI=1S/C13H25NO3/c1-6-11-8-16-10(2)7-14(11)12(15)9-17-13(3,4)5/h10-11H,6-9H2,1-5H3. The highest BCUT2D eigenvalue weighted by molar-refractivity contribution is 5.78. The topological polar surface area (TPSA) is 38.8 Å². The van der Waals surface area contributed by atoms with Crippen molar-refractivity contribution in [3.8, 4) is 0 Å². The molecule has 4 heteroatoms. The van der Waals surface area contributed by atoms with Gasteiger partial charge < -0.3 is 14.4 Å². The van der Waals surface area contributed by atoms with Gasteiger partial charge in [-0.05, 0) is 34.1 Å². The van der Waals surface area contributed by atoms with Gasteiger partial charge in [0.1, 0.15) is 6.61 Å². The lowest BCUT2D eigenvalue weighted by atomic mass is 10.1. The van der Waals surface area contributed by atoms with E-state index in [1.54, 1.807) is 0 Å². The highest BCUT2D eigenvalue weighted by Gasteiger charge is 2.29. The van der Waals surface area contributed by atoms with Crippen LogP contribution in [0.3, 0.4) is 0 Å². The van der Waals surface area contributed by atoms with Crippen molar-refractivity contribution >= 4 is 5.91 Å². The number of nitrogens with zero attached hydrogens (tertiary/aromatic N) is 1. The quantitative estimate of drug-likeness (QED) is 0.759. The number of ether oxygens (including phenoxy) is 2. The third-order valence-corrected chi connectivity index (χ3v) is 2.89. The number of carbonyl (C=O) groups is 1. The lowest BCUT2D eigenvalue weighted by molar-refractivity contribution is -0.153. The summed E-state index contributed by atoms with van der Waals surface area (Å²) in [4.78, 5) is 14.0.